The molecule has 0 bridgehead atoms. The predicted molar refractivity (Wildman–Crippen MR) is 297 cm³/mol. The van der Waals surface area contributed by atoms with Gasteiger partial charge in [-0.15, -0.1) is 0 Å². The second kappa shape index (κ2) is 26.8. The van der Waals surface area contributed by atoms with Crippen LogP contribution in [0.5, 0.6) is 0 Å². The Morgan fingerprint density at radius 2 is 1.00 bits per heavy atom. The van der Waals surface area contributed by atoms with Gasteiger partial charge >= 0.3 is 0 Å². The molecule has 86 heavy (non-hydrogen) atoms. The molecule has 10 aliphatic rings. The highest BCUT2D eigenvalue weighted by molar-refractivity contribution is 5.80. The number of methoxy groups -OCH3 is 4. The van der Waals surface area contributed by atoms with Crippen molar-refractivity contribution in [2.24, 2.45) is 22.7 Å². The molecular formula is C61H100O25. The van der Waals surface area contributed by atoms with Gasteiger partial charge in [-0.05, 0) is 91.9 Å². The summed E-state index contributed by atoms with van der Waals surface area (Å²) >= 11 is 0. The summed E-state index contributed by atoms with van der Waals surface area (Å²) in [6.45, 7) is 14.1. The van der Waals surface area contributed by atoms with Crippen molar-refractivity contribution in [3.63, 3.8) is 0 Å². The van der Waals surface area contributed by atoms with Gasteiger partial charge in [0.25, 0.3) is 0 Å². The van der Waals surface area contributed by atoms with E-state index in [4.69, 9.17) is 75.8 Å². The highest BCUT2D eigenvalue weighted by Crippen LogP contribution is 2.69. The van der Waals surface area contributed by atoms with Crippen LogP contribution in [0.4, 0.5) is 0 Å². The number of Topliss-reactive ketones (excluding diaryl/α,β-unsaturated/α-hetero) is 1. The Morgan fingerprint density at radius 1 is 0.558 bits per heavy atom. The number of fused-ring (bicyclic) bond motifs is 5. The van der Waals surface area contributed by atoms with Crippen LogP contribution < -0.4 is 0 Å². The van der Waals surface area contributed by atoms with Gasteiger partial charge in [-0.25, -0.2) is 0 Å². The molecule has 0 amide bonds. The van der Waals surface area contributed by atoms with Crippen molar-refractivity contribution in [2.45, 2.75) is 310 Å². The maximum atomic E-state index is 12.8. The largest absolute Gasteiger partial charge is 0.394 e. The third-order valence-corrected chi connectivity index (χ3v) is 22.0. The van der Waals surface area contributed by atoms with E-state index in [0.29, 0.717) is 44.9 Å². The fourth-order valence-electron chi connectivity index (χ4n) is 17.0. The van der Waals surface area contributed by atoms with Crippen molar-refractivity contribution in [2.75, 3.05) is 35.0 Å². The number of carbonyl (C=O) groups excluding carboxylic acids is 1. The topological polar surface area (TPSA) is 327 Å². The van der Waals surface area contributed by atoms with Crippen LogP contribution in [0.25, 0.3) is 0 Å². The van der Waals surface area contributed by atoms with Crippen LogP contribution in [-0.2, 0) is 80.6 Å². The number of hydrogen-bond acceptors (Lipinski definition) is 25. The zero-order valence-electron chi connectivity index (χ0n) is 52.0. The Hall–Kier alpha value is -1.55. The standard InChI is InChI=1S/C61H100O25/c1-27(63)35-15-18-61(70)59(35,8)43(65)25-42-58(7)16-14-34(19-33(58)13-17-60(42,61)69)80-44-20-36(64)52(28(2)75-44)82-45-21-37(71-9)53(29(3)76-45)83-46-22-38(72-10)54(30(4)77-46)84-47-23-39(73-11)55(31(5)78-47)85-48-24-40(74-12)56(32(6)79-48)86-57-51(68)50(67)49(66)41(26-62)81-57/h13,28-32,34-57,62,64-70H,14-26H2,1-12H3/t28-,29-,30-,31-,32-,34+,35+,36-,37-,38-,39+,40-,41-,42-,43-,44+,45+,46+,47+,48+,49-,50+,51-,52-,53-,54-,55-,56-,57+,58+,59+,60+,61-/m1/s1. The summed E-state index contributed by atoms with van der Waals surface area (Å²) < 4.78 is 100. The summed E-state index contributed by atoms with van der Waals surface area (Å²) in [5, 5.41) is 89.2. The maximum absolute atomic E-state index is 12.8. The summed E-state index contributed by atoms with van der Waals surface area (Å²) in [7, 11) is 6.32. The van der Waals surface area contributed by atoms with E-state index in [-0.39, 0.29) is 44.0 Å². The van der Waals surface area contributed by atoms with Crippen LogP contribution in [0.3, 0.4) is 0 Å². The number of ketones is 1. The van der Waals surface area contributed by atoms with E-state index >= 15 is 0 Å². The molecule has 6 heterocycles. The molecule has 33 atom stereocenters. The van der Waals surface area contributed by atoms with E-state index < -0.39 is 200 Å². The summed E-state index contributed by atoms with van der Waals surface area (Å²) in [6, 6.07) is 0. The van der Waals surface area contributed by atoms with Gasteiger partial charge < -0.3 is 117 Å². The molecule has 0 spiro atoms. The SMILES string of the molecule is CO[C@H]1C[C@H](O[C@@H]2[C@@H](C)O[C@@H](O[C@@H]3[C@@H](C)O[C@@H](O[C@H]4[C@H](O)C[C@H](O[C@H]5CC[C@@]6(C)C(=CC[C@]7(O)[C@@H]6C[C@@H](O)[C@]6(C)[C@H](C(C)=O)CC[C@@]67O)C5)O[C@@H]4C)C[C@H]3OC)C[C@H]2OC)O[C@H](C)[C@H]1O[C@H]1C[C@@H](OC)[C@H](O[C@@H]2O[C@H](CO)[C@@H](O)[C@H](O)[C@H]2O)[C@@H](C)O1. The second-order valence-corrected chi connectivity index (χ2v) is 26.8. The van der Waals surface area contributed by atoms with Gasteiger partial charge in [0.15, 0.2) is 37.7 Å². The first kappa shape index (κ1) is 67.3. The van der Waals surface area contributed by atoms with Gasteiger partial charge in [0.1, 0.15) is 71.9 Å². The zero-order valence-corrected chi connectivity index (χ0v) is 52.0. The minimum atomic E-state index is -1.62. The molecule has 6 aliphatic heterocycles. The average molecular weight is 1230 g/mol. The number of hydrogen-bond donors (Lipinski definition) is 8. The van der Waals surface area contributed by atoms with Crippen LogP contribution in [0.2, 0.25) is 0 Å². The first-order valence-electron chi connectivity index (χ1n) is 31.4. The summed E-state index contributed by atoms with van der Waals surface area (Å²) in [5.74, 6) is -1.01. The molecule has 0 unspecified atom stereocenters. The Bertz CT molecular complexity index is 2290. The van der Waals surface area contributed by atoms with Crippen molar-refractivity contribution < 1.29 is 121 Å². The number of aliphatic hydroxyl groups excluding tert-OH is 6. The van der Waals surface area contributed by atoms with Crippen LogP contribution >= 0.6 is 0 Å². The molecule has 10 rings (SSSR count). The molecule has 4 aliphatic carbocycles. The van der Waals surface area contributed by atoms with Gasteiger partial charge in [0.05, 0.1) is 79.9 Å². The van der Waals surface area contributed by atoms with E-state index in [1.165, 1.54) is 14.0 Å². The lowest BCUT2D eigenvalue weighted by Gasteiger charge is -2.66. The van der Waals surface area contributed by atoms with E-state index in [1.54, 1.807) is 35.2 Å². The van der Waals surface area contributed by atoms with Crippen molar-refractivity contribution in [1.29, 1.82) is 0 Å². The van der Waals surface area contributed by atoms with Gasteiger partial charge in [0, 0.05) is 77.8 Å². The molecule has 6 saturated heterocycles. The van der Waals surface area contributed by atoms with Crippen LogP contribution in [0, 0.1) is 22.7 Å². The third kappa shape index (κ3) is 12.4. The lowest BCUT2D eigenvalue weighted by molar-refractivity contribution is -0.359. The Kier molecular flexibility index (Phi) is 21.0. The van der Waals surface area contributed by atoms with Crippen LogP contribution in [0.1, 0.15) is 132 Å². The van der Waals surface area contributed by atoms with Gasteiger partial charge in [-0.3, -0.25) is 4.79 Å². The first-order chi connectivity index (χ1) is 40.7. The molecule has 0 aromatic rings. The molecule has 25 nitrogen and oxygen atoms in total. The molecule has 9 fully saturated rings. The number of carbonyl (C=O) groups is 1. The number of aliphatic hydroxyl groups is 8. The number of rotatable bonds is 18. The van der Waals surface area contributed by atoms with Crippen molar-refractivity contribution in [1.82, 2.24) is 0 Å². The Balaban J connectivity index is 0.677. The highest BCUT2D eigenvalue weighted by Gasteiger charge is 2.76. The van der Waals surface area contributed by atoms with Crippen LogP contribution in [0.15, 0.2) is 11.6 Å². The van der Waals surface area contributed by atoms with Crippen molar-refractivity contribution >= 4 is 5.78 Å². The summed E-state index contributed by atoms with van der Waals surface area (Å²) in [4.78, 5) is 12.8. The fraction of sp³-hybridized carbons (Fsp3) is 0.951. The average Bonchev–Trinajstić information content (AvgIpc) is 1.31. The van der Waals surface area contributed by atoms with Crippen LogP contribution in [-0.4, -0.2) is 259 Å². The summed E-state index contributed by atoms with van der Waals surface area (Å²) in [5.41, 5.74) is -3.64. The van der Waals surface area contributed by atoms with Gasteiger partial charge in [0.2, 0.25) is 0 Å². The van der Waals surface area contributed by atoms with Crippen molar-refractivity contribution in [3.8, 4) is 0 Å². The third-order valence-electron chi connectivity index (χ3n) is 22.0. The lowest BCUT2D eigenvalue weighted by Crippen LogP contribution is -2.75. The van der Waals surface area contributed by atoms with Gasteiger partial charge in [-0.2, -0.15) is 0 Å². The van der Waals surface area contributed by atoms with E-state index in [2.05, 4.69) is 13.0 Å². The van der Waals surface area contributed by atoms with E-state index in [9.17, 15) is 45.6 Å². The molecular weight excluding hydrogens is 1130 g/mol. The molecule has 0 radical (unpaired) electrons. The molecule has 494 valence electrons. The minimum Gasteiger partial charge on any atom is -0.394 e. The lowest BCUT2D eigenvalue weighted by atomic mass is 9.43. The summed E-state index contributed by atoms with van der Waals surface area (Å²) in [6.07, 6.45) is -14.6. The minimum absolute atomic E-state index is 0.0732. The smallest absolute Gasteiger partial charge is 0.187 e. The zero-order chi connectivity index (χ0) is 62.1. The maximum Gasteiger partial charge on any atom is 0.187 e. The molecule has 3 saturated carbocycles. The number of ether oxygens (including phenoxy) is 16. The Morgan fingerprint density at radius 3 is 1.44 bits per heavy atom. The van der Waals surface area contributed by atoms with E-state index in [1.807, 2.05) is 27.7 Å². The molecule has 8 N–H and O–H groups in total. The first-order valence-corrected chi connectivity index (χ1v) is 31.4. The molecule has 0 aromatic carbocycles. The normalized spacial score (nSPS) is 53.4. The molecule has 0 aromatic heterocycles. The second-order valence-electron chi connectivity index (χ2n) is 26.8. The quantitative estimate of drug-likeness (QED) is 0.0903. The fourth-order valence-corrected chi connectivity index (χ4v) is 17.0. The predicted octanol–water partition coefficient (Wildman–Crippen LogP) is 1.56. The highest BCUT2D eigenvalue weighted by atomic mass is 16.8. The van der Waals surface area contributed by atoms with Gasteiger partial charge in [-0.1, -0.05) is 25.5 Å². The van der Waals surface area contributed by atoms with E-state index in [0.717, 1.165) is 5.57 Å². The monoisotopic (exact) mass is 1230 g/mol. The molecule has 25 heteroatoms. The Labute approximate surface area is 504 Å². The van der Waals surface area contributed by atoms with Crippen molar-refractivity contribution in [3.05, 3.63) is 11.6 Å².